The lowest BCUT2D eigenvalue weighted by Gasteiger charge is -2.45. The molecule has 0 spiro atoms. The van der Waals surface area contributed by atoms with E-state index < -0.39 is 52.9 Å². The van der Waals surface area contributed by atoms with E-state index in [1.54, 1.807) is 12.1 Å². The van der Waals surface area contributed by atoms with Crippen LogP contribution in [0.4, 0.5) is 5.69 Å². The minimum Gasteiger partial charge on any atom is -0.481 e. The van der Waals surface area contributed by atoms with Crippen molar-refractivity contribution in [2.24, 2.45) is 0 Å². The number of carboxylic acid groups (broad SMARTS) is 1. The second kappa shape index (κ2) is 17.8. The first-order valence-corrected chi connectivity index (χ1v) is 26.3. The number of allylic oxidation sites excluding steroid dienone is 1. The maximum Gasteiger partial charge on any atom is 0.303 e. The van der Waals surface area contributed by atoms with Gasteiger partial charge in [-0.05, 0) is 138 Å². The molecule has 0 bridgehead atoms. The molecule has 0 fully saturated rings. The molecule has 4 unspecified atom stereocenters. The Morgan fingerprint density at radius 1 is 0.875 bits per heavy atom. The fraction of sp³-hybridized carbons (Fsp3) is 0.438. The molecule has 0 aliphatic carbocycles. The van der Waals surface area contributed by atoms with Crippen molar-refractivity contribution in [1.82, 2.24) is 0 Å². The van der Waals surface area contributed by atoms with E-state index in [2.05, 4.69) is 31.7 Å². The van der Waals surface area contributed by atoms with Crippen LogP contribution < -0.4 is 4.90 Å². The molecule has 3 aliphatic rings. The molecule has 4 aromatic carbocycles. The zero-order valence-electron chi connectivity index (χ0n) is 36.6. The number of nitrogens with zero attached hydrogens (tertiary/aromatic N) is 1. The van der Waals surface area contributed by atoms with Crippen LogP contribution >= 0.6 is 0 Å². The SMILES string of the molecule is C=C(C1=CC2=C3N(CCC2OC1CCC)c1ccc2cc(S(=O)(=O)O)ccc2c1C3(C)CCCCS(=O)(=O)O)C(C)(CCCCCC(=O)O)c1c(C)ccc2cc(S(=O)(=O)O)ccc12. The van der Waals surface area contributed by atoms with Gasteiger partial charge in [0.2, 0.25) is 0 Å². The summed E-state index contributed by atoms with van der Waals surface area (Å²) in [4.78, 5) is 13.3. The number of hydrogen-bond donors (Lipinski definition) is 4. The lowest BCUT2D eigenvalue weighted by Crippen LogP contribution is -2.43. The summed E-state index contributed by atoms with van der Waals surface area (Å²) in [6.45, 7) is 13.8. The minimum absolute atomic E-state index is 0.0453. The number of unbranched alkanes of at least 4 members (excludes halogenated alkanes) is 3. The van der Waals surface area contributed by atoms with Crippen molar-refractivity contribution in [3.63, 3.8) is 0 Å². The van der Waals surface area contributed by atoms with Gasteiger partial charge in [0.25, 0.3) is 30.4 Å². The van der Waals surface area contributed by atoms with Crippen molar-refractivity contribution in [2.45, 2.75) is 131 Å². The van der Waals surface area contributed by atoms with Crippen molar-refractivity contribution in [2.75, 3.05) is 17.2 Å². The number of rotatable bonds is 18. The summed E-state index contributed by atoms with van der Waals surface area (Å²) in [7, 11) is -13.2. The van der Waals surface area contributed by atoms with E-state index in [0.29, 0.717) is 68.7 Å². The average Bonchev–Trinajstić information content (AvgIpc) is 3.48. The number of aliphatic carboxylic acids is 1. The number of hydrogen-bond acceptors (Lipinski definition) is 9. The maximum absolute atomic E-state index is 12.2. The number of anilines is 1. The van der Waals surface area contributed by atoms with Crippen LogP contribution in [0, 0.1) is 6.92 Å². The summed E-state index contributed by atoms with van der Waals surface area (Å²) in [5, 5.41) is 12.2. The third kappa shape index (κ3) is 9.20. The average molecular weight is 936 g/mol. The number of fused-ring (bicyclic) bond motifs is 7. The topological polar surface area (TPSA) is 213 Å². The number of benzene rings is 4. The van der Waals surface area contributed by atoms with Crippen LogP contribution in [-0.4, -0.2) is 74.5 Å². The Morgan fingerprint density at radius 3 is 2.14 bits per heavy atom. The molecular weight excluding hydrogens is 879 g/mol. The molecule has 4 aromatic rings. The van der Waals surface area contributed by atoms with E-state index in [-0.39, 0.29) is 34.8 Å². The van der Waals surface area contributed by atoms with Gasteiger partial charge in [0.05, 0.1) is 27.8 Å². The van der Waals surface area contributed by atoms with Gasteiger partial charge in [-0.3, -0.25) is 18.5 Å². The summed E-state index contributed by atoms with van der Waals surface area (Å²) in [5.74, 6) is -1.26. The number of aryl methyl sites for hydroxylation is 1. The Kier molecular flexibility index (Phi) is 13.2. The molecule has 13 nitrogen and oxygen atoms in total. The van der Waals surface area contributed by atoms with Crippen molar-refractivity contribution < 1.29 is 53.5 Å². The van der Waals surface area contributed by atoms with Gasteiger partial charge in [0, 0.05) is 40.8 Å². The first-order chi connectivity index (χ1) is 30.0. The number of carboxylic acids is 1. The van der Waals surface area contributed by atoms with Gasteiger partial charge in [-0.25, -0.2) is 0 Å². The summed E-state index contributed by atoms with van der Waals surface area (Å²) in [6, 6.07) is 16.7. The molecule has 0 aromatic heterocycles. The van der Waals surface area contributed by atoms with Gasteiger partial charge in [0.1, 0.15) is 0 Å². The van der Waals surface area contributed by atoms with Gasteiger partial charge in [0.15, 0.2) is 0 Å². The molecule has 0 saturated heterocycles. The fourth-order valence-electron chi connectivity index (χ4n) is 10.7. The quantitative estimate of drug-likeness (QED) is 0.0541. The predicted molar refractivity (Wildman–Crippen MR) is 248 cm³/mol. The number of carbonyl (C=O) groups is 1. The van der Waals surface area contributed by atoms with Crippen molar-refractivity contribution in [3.8, 4) is 0 Å². The van der Waals surface area contributed by atoms with E-state index in [9.17, 15) is 48.8 Å². The highest BCUT2D eigenvalue weighted by atomic mass is 32.2. The molecule has 344 valence electrons. The summed E-state index contributed by atoms with van der Waals surface area (Å²) in [5.41, 5.74) is 5.84. The smallest absolute Gasteiger partial charge is 0.303 e. The van der Waals surface area contributed by atoms with Crippen LogP contribution in [-0.2, 0) is 50.7 Å². The standard InChI is InChI=1S/C48H57NO12S3/c1-6-12-41-38(31(3)47(4,23-9-7-8-13-43(50)51)44-30(2)14-15-32-27-34(63(55,56)57)17-19-36(32)44)29-39-42(61-41)22-25-49-40-21-16-33-28-35(64(58,59)60)18-20-37(33)45(40)48(5,46(39)49)24-10-11-26-62(52,53)54/h14-21,27-29,41-42H,3,6-13,22-26H2,1-2,4-5H3,(H,50,51)(H,52,53,54)(H,55,56,57)(H,58,59,60). The molecule has 16 heteroatoms. The molecule has 3 aliphatic heterocycles. The third-order valence-corrected chi connectivity index (χ3v) is 16.1. The fourth-order valence-corrected chi connectivity index (χ4v) is 12.3. The van der Waals surface area contributed by atoms with E-state index in [1.165, 1.54) is 24.3 Å². The second-order valence-electron chi connectivity index (χ2n) is 18.0. The Hall–Kier alpha value is -4.42. The van der Waals surface area contributed by atoms with E-state index >= 15 is 0 Å². The third-order valence-electron chi connectivity index (χ3n) is 13.6. The summed E-state index contributed by atoms with van der Waals surface area (Å²) in [6.07, 6.45) is 7.32. The van der Waals surface area contributed by atoms with E-state index in [1.807, 2.05) is 31.2 Å². The lowest BCUT2D eigenvalue weighted by atomic mass is 9.66. The largest absolute Gasteiger partial charge is 0.481 e. The molecule has 0 radical (unpaired) electrons. The Bertz CT molecular complexity index is 2960. The van der Waals surface area contributed by atoms with Crippen molar-refractivity contribution in [1.29, 1.82) is 0 Å². The van der Waals surface area contributed by atoms with Crippen molar-refractivity contribution in [3.05, 3.63) is 112 Å². The Labute approximate surface area is 376 Å². The summed E-state index contributed by atoms with van der Waals surface area (Å²) >= 11 is 0. The molecule has 4 N–H and O–H groups in total. The van der Waals surface area contributed by atoms with Gasteiger partial charge in [-0.15, -0.1) is 0 Å². The highest BCUT2D eigenvalue weighted by Crippen LogP contribution is 2.58. The van der Waals surface area contributed by atoms with Gasteiger partial charge >= 0.3 is 5.97 Å². The monoisotopic (exact) mass is 935 g/mol. The van der Waals surface area contributed by atoms with Gasteiger partial charge in [-0.1, -0.05) is 76.4 Å². The molecule has 7 rings (SSSR count). The lowest BCUT2D eigenvalue weighted by molar-refractivity contribution is -0.137. The predicted octanol–water partition coefficient (Wildman–Crippen LogP) is 9.63. The first kappa shape index (κ1) is 47.5. The van der Waals surface area contributed by atoms with Crippen LogP contribution in [0.1, 0.15) is 108 Å². The molecule has 64 heavy (non-hydrogen) atoms. The van der Waals surface area contributed by atoms with Crippen LogP contribution in [0.15, 0.2) is 106 Å². The van der Waals surface area contributed by atoms with E-state index in [4.69, 9.17) is 11.3 Å². The van der Waals surface area contributed by atoms with E-state index in [0.717, 1.165) is 62.0 Å². The molecule has 0 amide bonds. The summed E-state index contributed by atoms with van der Waals surface area (Å²) < 4.78 is 109. The van der Waals surface area contributed by atoms with Crippen LogP contribution in [0.25, 0.3) is 21.5 Å². The van der Waals surface area contributed by atoms with Crippen LogP contribution in [0.5, 0.6) is 0 Å². The van der Waals surface area contributed by atoms with Crippen LogP contribution in [0.2, 0.25) is 0 Å². The molecular formula is C48H57NO12S3. The van der Waals surface area contributed by atoms with Gasteiger partial charge < -0.3 is 14.7 Å². The molecule has 0 saturated carbocycles. The normalized spacial score (nSPS) is 21.0. The van der Waals surface area contributed by atoms with Crippen molar-refractivity contribution >= 4 is 63.6 Å². The zero-order chi connectivity index (χ0) is 46.6. The Balaban J connectivity index is 1.43. The highest BCUT2D eigenvalue weighted by Gasteiger charge is 2.50. The van der Waals surface area contributed by atoms with Gasteiger partial charge in [-0.2, -0.15) is 25.3 Å². The second-order valence-corrected chi connectivity index (χ2v) is 22.4. The molecule has 4 atom stereocenters. The molecule has 3 heterocycles. The zero-order valence-corrected chi connectivity index (χ0v) is 39.1. The highest BCUT2D eigenvalue weighted by molar-refractivity contribution is 7.86. The maximum atomic E-state index is 12.2. The Morgan fingerprint density at radius 2 is 1.52 bits per heavy atom. The number of ether oxygens (including phenoxy) is 1. The van der Waals surface area contributed by atoms with Crippen LogP contribution in [0.3, 0.4) is 0 Å². The minimum atomic E-state index is -4.49. The first-order valence-electron chi connectivity index (χ1n) is 21.8.